The first-order valence-corrected chi connectivity index (χ1v) is 2.79. The van der Waals surface area contributed by atoms with Crippen molar-refractivity contribution in [3.63, 3.8) is 0 Å². The molecule has 0 N–H and O–H groups in total. The van der Waals surface area contributed by atoms with Gasteiger partial charge in [-0.05, 0) is 19.4 Å². The molecule has 0 radical (unpaired) electrons. The van der Waals surface area contributed by atoms with Gasteiger partial charge in [-0.25, -0.2) is 0 Å². The van der Waals surface area contributed by atoms with Crippen molar-refractivity contribution >= 4 is 0 Å². The molecule has 3 heteroatoms. The third-order valence-electron chi connectivity index (χ3n) is 1.05. The summed E-state index contributed by atoms with van der Waals surface area (Å²) in [7, 11) is 0. The number of hydrogen-bond acceptors (Lipinski definition) is 0. The van der Waals surface area contributed by atoms with E-state index in [1.807, 2.05) is 0 Å². The first-order chi connectivity index (χ1) is 4.39. The van der Waals surface area contributed by atoms with Crippen molar-refractivity contribution in [1.82, 2.24) is 0 Å². The van der Waals surface area contributed by atoms with E-state index in [2.05, 4.69) is 6.58 Å². The molecule has 0 nitrogen and oxygen atoms in total. The van der Waals surface area contributed by atoms with Crippen molar-refractivity contribution in [3.05, 3.63) is 23.8 Å². The van der Waals surface area contributed by atoms with Crippen LogP contribution in [0, 0.1) is 0 Å². The Bertz CT molecular complexity index is 162. The highest BCUT2D eigenvalue weighted by atomic mass is 19.4. The van der Waals surface area contributed by atoms with Crippen molar-refractivity contribution in [2.45, 2.75) is 20.0 Å². The lowest BCUT2D eigenvalue weighted by Gasteiger charge is -2.09. The molecule has 58 valence electrons. The molecular formula is C7H9F3. The molecule has 0 aliphatic carbocycles. The van der Waals surface area contributed by atoms with Gasteiger partial charge in [-0.3, -0.25) is 0 Å². The van der Waals surface area contributed by atoms with Gasteiger partial charge in [0.2, 0.25) is 0 Å². The average Bonchev–Trinajstić information content (AvgIpc) is 1.60. The largest absolute Gasteiger partial charge is 0.416 e. The second-order valence-corrected chi connectivity index (χ2v) is 1.98. The molecule has 0 amide bonds. The third-order valence-corrected chi connectivity index (χ3v) is 1.05. The second-order valence-electron chi connectivity index (χ2n) is 1.98. The highest BCUT2D eigenvalue weighted by Crippen LogP contribution is 2.29. The van der Waals surface area contributed by atoms with Crippen LogP contribution in [0.2, 0.25) is 0 Å². The summed E-state index contributed by atoms with van der Waals surface area (Å²) in [6.07, 6.45) is -3.23. The molecule has 0 rings (SSSR count). The van der Waals surface area contributed by atoms with Crippen molar-refractivity contribution < 1.29 is 13.2 Å². The minimum atomic E-state index is -4.25. The zero-order valence-corrected chi connectivity index (χ0v) is 5.92. The predicted molar refractivity (Wildman–Crippen MR) is 34.6 cm³/mol. The highest BCUT2D eigenvalue weighted by molar-refractivity contribution is 5.29. The lowest BCUT2D eigenvalue weighted by molar-refractivity contribution is -0.0893. The second kappa shape index (κ2) is 2.90. The van der Waals surface area contributed by atoms with E-state index in [9.17, 15) is 13.2 Å². The maximum atomic E-state index is 11.8. The van der Waals surface area contributed by atoms with Gasteiger partial charge in [0, 0.05) is 0 Å². The third kappa shape index (κ3) is 2.25. The zero-order valence-electron chi connectivity index (χ0n) is 5.92. The summed E-state index contributed by atoms with van der Waals surface area (Å²) in [6.45, 7) is 5.89. The van der Waals surface area contributed by atoms with Gasteiger partial charge < -0.3 is 0 Å². The number of hydrogen-bond donors (Lipinski definition) is 0. The van der Waals surface area contributed by atoms with Crippen molar-refractivity contribution in [2.24, 2.45) is 0 Å². The molecule has 0 spiro atoms. The number of rotatable bonds is 1. The van der Waals surface area contributed by atoms with Crippen molar-refractivity contribution in [2.75, 3.05) is 0 Å². The van der Waals surface area contributed by atoms with E-state index in [0.29, 0.717) is 0 Å². The quantitative estimate of drug-likeness (QED) is 0.504. The average molecular weight is 150 g/mol. The van der Waals surface area contributed by atoms with Gasteiger partial charge in [-0.2, -0.15) is 13.2 Å². The Hall–Kier alpha value is -0.730. The molecule has 0 unspecified atom stereocenters. The van der Waals surface area contributed by atoms with Crippen LogP contribution in [-0.2, 0) is 0 Å². The molecule has 0 heterocycles. The molecule has 0 aliphatic rings. The minimum absolute atomic E-state index is 0.0509. The van der Waals surface area contributed by atoms with E-state index in [4.69, 9.17) is 0 Å². The first kappa shape index (κ1) is 9.27. The van der Waals surface area contributed by atoms with E-state index in [0.717, 1.165) is 6.08 Å². The van der Waals surface area contributed by atoms with E-state index in [1.165, 1.54) is 13.8 Å². The highest BCUT2D eigenvalue weighted by Gasteiger charge is 2.32. The molecule has 0 bridgehead atoms. The standard InChI is InChI=1S/C7H9F3/c1-4-6(5(2)3)7(8,9)10/h4H,2H2,1,3H3/b6-4+. The fraction of sp³-hybridized carbons (Fsp3) is 0.429. The Kier molecular flexibility index (Phi) is 2.69. The van der Waals surface area contributed by atoms with Gasteiger partial charge >= 0.3 is 6.18 Å². The molecule has 0 fully saturated rings. The minimum Gasteiger partial charge on any atom is -0.166 e. The lowest BCUT2D eigenvalue weighted by Crippen LogP contribution is -2.11. The summed E-state index contributed by atoms with van der Waals surface area (Å²) in [5, 5.41) is 0. The molecule has 0 saturated heterocycles. The maximum absolute atomic E-state index is 11.8. The van der Waals surface area contributed by atoms with Crippen LogP contribution in [0.3, 0.4) is 0 Å². The zero-order chi connectivity index (χ0) is 8.36. The Morgan fingerprint density at radius 1 is 1.40 bits per heavy atom. The van der Waals surface area contributed by atoms with Crippen molar-refractivity contribution in [1.29, 1.82) is 0 Å². The van der Waals surface area contributed by atoms with Crippen LogP contribution in [-0.4, -0.2) is 6.18 Å². The smallest absolute Gasteiger partial charge is 0.166 e. The van der Waals surface area contributed by atoms with Gasteiger partial charge in [0.05, 0.1) is 5.57 Å². The molecule has 0 aromatic carbocycles. The van der Waals surface area contributed by atoms with Gasteiger partial charge in [0.1, 0.15) is 0 Å². The van der Waals surface area contributed by atoms with Crippen LogP contribution in [0.5, 0.6) is 0 Å². The maximum Gasteiger partial charge on any atom is 0.416 e. The Morgan fingerprint density at radius 3 is 1.80 bits per heavy atom. The van der Waals surface area contributed by atoms with E-state index < -0.39 is 11.7 Å². The number of halogens is 3. The fourth-order valence-electron chi connectivity index (χ4n) is 0.652. The normalized spacial score (nSPS) is 13.5. The summed E-state index contributed by atoms with van der Waals surface area (Å²) in [5.74, 6) is 0. The van der Waals surface area contributed by atoms with Crippen molar-refractivity contribution in [3.8, 4) is 0 Å². The summed E-state index contributed by atoms with van der Waals surface area (Å²) >= 11 is 0. The summed E-state index contributed by atoms with van der Waals surface area (Å²) in [5.41, 5.74) is -0.595. The van der Waals surface area contributed by atoms with Gasteiger partial charge in [-0.1, -0.05) is 12.7 Å². The first-order valence-electron chi connectivity index (χ1n) is 2.79. The molecule has 10 heavy (non-hydrogen) atoms. The molecule has 0 aromatic heterocycles. The Labute approximate surface area is 58.0 Å². The summed E-state index contributed by atoms with van der Waals surface area (Å²) < 4.78 is 35.5. The Balaban J connectivity index is 4.56. The SMILES string of the molecule is C=C(C)/C(=C\C)C(F)(F)F. The van der Waals surface area contributed by atoms with Crippen LogP contribution in [0.15, 0.2) is 23.8 Å². The monoisotopic (exact) mass is 150 g/mol. The molecule has 0 aromatic rings. The van der Waals surface area contributed by atoms with E-state index >= 15 is 0 Å². The molecular weight excluding hydrogens is 141 g/mol. The number of alkyl halides is 3. The predicted octanol–water partition coefficient (Wildman–Crippen LogP) is 3.07. The van der Waals surface area contributed by atoms with Crippen LogP contribution < -0.4 is 0 Å². The topological polar surface area (TPSA) is 0 Å². The van der Waals surface area contributed by atoms with Gasteiger partial charge in [0.25, 0.3) is 0 Å². The van der Waals surface area contributed by atoms with Crippen LogP contribution >= 0.6 is 0 Å². The molecule has 0 aliphatic heterocycles. The van der Waals surface area contributed by atoms with E-state index in [-0.39, 0.29) is 5.57 Å². The van der Waals surface area contributed by atoms with Crippen LogP contribution in [0.4, 0.5) is 13.2 Å². The number of allylic oxidation sites excluding steroid dienone is 3. The molecule has 0 saturated carbocycles. The fourth-order valence-corrected chi connectivity index (χ4v) is 0.652. The summed E-state index contributed by atoms with van der Waals surface area (Å²) in [4.78, 5) is 0. The Morgan fingerprint density at radius 2 is 1.80 bits per heavy atom. The van der Waals surface area contributed by atoms with Gasteiger partial charge in [-0.15, -0.1) is 0 Å². The van der Waals surface area contributed by atoms with E-state index in [1.54, 1.807) is 0 Å². The lowest BCUT2D eigenvalue weighted by atomic mass is 10.1. The van der Waals surface area contributed by atoms with Crippen LogP contribution in [0.25, 0.3) is 0 Å². The molecule has 0 atom stereocenters. The van der Waals surface area contributed by atoms with Gasteiger partial charge in [0.15, 0.2) is 0 Å². The summed E-state index contributed by atoms with van der Waals surface area (Å²) in [6, 6.07) is 0. The van der Waals surface area contributed by atoms with Crippen LogP contribution in [0.1, 0.15) is 13.8 Å².